The number of hydrogen-bond donors (Lipinski definition) is 2. The van der Waals surface area contributed by atoms with Gasteiger partial charge in [-0.15, -0.1) is 0 Å². The Bertz CT molecular complexity index is 492. The molecule has 1 heterocycles. The number of benzene rings is 1. The molecule has 1 unspecified atom stereocenters. The van der Waals surface area contributed by atoms with Gasteiger partial charge in [0, 0.05) is 10.9 Å². The average molecular weight is 289 g/mol. The van der Waals surface area contributed by atoms with Gasteiger partial charge in [-0.3, -0.25) is 4.99 Å². The van der Waals surface area contributed by atoms with Crippen molar-refractivity contribution in [2.75, 3.05) is 17.6 Å². The number of nitrogens with one attached hydrogen (secondary N) is 1. The summed E-state index contributed by atoms with van der Waals surface area (Å²) in [6, 6.07) is 6.48. The van der Waals surface area contributed by atoms with Gasteiger partial charge in [-0.05, 0) is 61.5 Å². The van der Waals surface area contributed by atoms with Crippen LogP contribution in [0.1, 0.15) is 36.8 Å². The van der Waals surface area contributed by atoms with Crippen LogP contribution in [0, 0.1) is 0 Å². The van der Waals surface area contributed by atoms with Gasteiger partial charge < -0.3 is 11.1 Å². The van der Waals surface area contributed by atoms with E-state index in [0.29, 0.717) is 11.2 Å². The Hall–Kier alpha value is -1.16. The van der Waals surface area contributed by atoms with Crippen LogP contribution in [0.15, 0.2) is 23.2 Å². The van der Waals surface area contributed by atoms with Crippen molar-refractivity contribution in [3.63, 3.8) is 0 Å². The number of aryl methyl sites for hydroxylation is 1. The Morgan fingerprint density at radius 3 is 3.05 bits per heavy atom. The molecule has 1 aliphatic carbocycles. The van der Waals surface area contributed by atoms with E-state index in [0.717, 1.165) is 18.7 Å². The third-order valence-corrected chi connectivity index (χ3v) is 5.53. The van der Waals surface area contributed by atoms with Crippen molar-refractivity contribution in [2.45, 2.75) is 43.8 Å². The van der Waals surface area contributed by atoms with Crippen LogP contribution in [0.2, 0.25) is 0 Å². The van der Waals surface area contributed by atoms with Crippen molar-refractivity contribution >= 4 is 23.4 Å². The second-order valence-corrected chi connectivity index (χ2v) is 7.04. The van der Waals surface area contributed by atoms with Gasteiger partial charge in [0.2, 0.25) is 0 Å². The fourth-order valence-corrected chi connectivity index (χ4v) is 4.24. The number of guanidine groups is 1. The van der Waals surface area contributed by atoms with Gasteiger partial charge in [-0.2, -0.15) is 11.8 Å². The molecule has 20 heavy (non-hydrogen) atoms. The molecule has 108 valence electrons. The van der Waals surface area contributed by atoms with Crippen LogP contribution >= 0.6 is 11.8 Å². The lowest BCUT2D eigenvalue weighted by Gasteiger charge is -2.20. The van der Waals surface area contributed by atoms with E-state index in [1.54, 1.807) is 0 Å². The maximum Gasteiger partial charge on any atom is 0.193 e. The lowest BCUT2D eigenvalue weighted by Crippen LogP contribution is -2.25. The van der Waals surface area contributed by atoms with E-state index in [2.05, 4.69) is 28.5 Å². The zero-order chi connectivity index (χ0) is 13.8. The Labute approximate surface area is 125 Å². The minimum absolute atomic E-state index is 0.566. The van der Waals surface area contributed by atoms with Crippen LogP contribution in [0.5, 0.6) is 0 Å². The van der Waals surface area contributed by atoms with Gasteiger partial charge in [0.25, 0.3) is 0 Å². The van der Waals surface area contributed by atoms with Gasteiger partial charge in [0.05, 0.1) is 6.54 Å². The summed E-state index contributed by atoms with van der Waals surface area (Å²) >= 11 is 2.02. The summed E-state index contributed by atoms with van der Waals surface area (Å²) in [6.45, 7) is 0.846. The summed E-state index contributed by atoms with van der Waals surface area (Å²) in [6.07, 6.45) is 7.54. The monoisotopic (exact) mass is 289 g/mol. The maximum atomic E-state index is 6.05. The Balaban J connectivity index is 1.66. The number of rotatable bonds is 3. The number of nitrogens with two attached hydrogens (primary N) is 1. The molecule has 3 nitrogen and oxygen atoms in total. The molecule has 0 spiro atoms. The van der Waals surface area contributed by atoms with Gasteiger partial charge in [0.15, 0.2) is 5.96 Å². The summed E-state index contributed by atoms with van der Waals surface area (Å²) in [7, 11) is 0. The standard InChI is InChI=1S/C16H23N3S/c17-16(18-11-13-7-4-10-20-13)19-15-9-3-6-12-5-1-2-8-14(12)15/h3,6,9,13H,1-2,4-5,7-8,10-11H2,(H3,17,18,19). The largest absolute Gasteiger partial charge is 0.370 e. The minimum Gasteiger partial charge on any atom is -0.370 e. The predicted molar refractivity (Wildman–Crippen MR) is 88.7 cm³/mol. The van der Waals surface area contributed by atoms with Crippen LogP contribution in [-0.4, -0.2) is 23.5 Å². The van der Waals surface area contributed by atoms with Crippen molar-refractivity contribution in [3.05, 3.63) is 29.3 Å². The molecule has 1 aliphatic heterocycles. The zero-order valence-electron chi connectivity index (χ0n) is 11.9. The Morgan fingerprint density at radius 2 is 2.20 bits per heavy atom. The lowest BCUT2D eigenvalue weighted by molar-refractivity contribution is 0.687. The van der Waals surface area contributed by atoms with Crippen molar-refractivity contribution < 1.29 is 0 Å². The van der Waals surface area contributed by atoms with E-state index in [4.69, 9.17) is 5.73 Å². The maximum absolute atomic E-state index is 6.05. The molecule has 2 aliphatic rings. The highest BCUT2D eigenvalue weighted by Crippen LogP contribution is 2.28. The first-order chi connectivity index (χ1) is 9.83. The minimum atomic E-state index is 0.566. The highest BCUT2D eigenvalue weighted by molar-refractivity contribution is 8.00. The van der Waals surface area contributed by atoms with Gasteiger partial charge in [-0.25, -0.2) is 0 Å². The first-order valence-electron chi connectivity index (χ1n) is 7.62. The Kier molecular flexibility index (Phi) is 4.51. The van der Waals surface area contributed by atoms with Crippen LogP contribution in [-0.2, 0) is 12.8 Å². The third kappa shape index (κ3) is 3.29. The second-order valence-electron chi connectivity index (χ2n) is 5.64. The van der Waals surface area contributed by atoms with Crippen LogP contribution in [0.3, 0.4) is 0 Å². The van der Waals surface area contributed by atoms with Gasteiger partial charge in [-0.1, -0.05) is 12.1 Å². The SMILES string of the molecule is NC(=NCC1CCCS1)Nc1cccc2c1CCCC2. The number of anilines is 1. The molecule has 1 saturated heterocycles. The molecule has 0 aromatic heterocycles. The van der Waals surface area contributed by atoms with Crippen LogP contribution < -0.4 is 11.1 Å². The molecule has 3 rings (SSSR count). The highest BCUT2D eigenvalue weighted by Gasteiger charge is 2.15. The molecule has 4 heteroatoms. The first kappa shape index (κ1) is 13.8. The number of nitrogens with zero attached hydrogens (tertiary/aromatic N) is 1. The van der Waals surface area contributed by atoms with E-state index in [9.17, 15) is 0 Å². The summed E-state index contributed by atoms with van der Waals surface area (Å²) in [4.78, 5) is 4.51. The third-order valence-electron chi connectivity index (χ3n) is 4.15. The molecule has 0 amide bonds. The molecular weight excluding hydrogens is 266 g/mol. The molecule has 1 atom stereocenters. The summed E-state index contributed by atoms with van der Waals surface area (Å²) < 4.78 is 0. The molecule has 3 N–H and O–H groups in total. The van der Waals surface area contributed by atoms with Gasteiger partial charge >= 0.3 is 0 Å². The number of fused-ring (bicyclic) bond motifs is 1. The topological polar surface area (TPSA) is 50.4 Å². The van der Waals surface area contributed by atoms with E-state index < -0.39 is 0 Å². The normalized spacial score (nSPS) is 22.6. The van der Waals surface area contributed by atoms with Gasteiger partial charge in [0.1, 0.15) is 0 Å². The molecule has 0 bridgehead atoms. The number of aliphatic imine (C=N–C) groups is 1. The Morgan fingerprint density at radius 1 is 1.30 bits per heavy atom. The van der Waals surface area contributed by atoms with Crippen LogP contribution in [0.4, 0.5) is 5.69 Å². The van der Waals surface area contributed by atoms with E-state index >= 15 is 0 Å². The van der Waals surface area contributed by atoms with Crippen molar-refractivity contribution in [1.29, 1.82) is 0 Å². The molecule has 1 aromatic rings. The molecule has 0 saturated carbocycles. The fraction of sp³-hybridized carbons (Fsp3) is 0.562. The molecular formula is C16H23N3S. The second kappa shape index (κ2) is 6.53. The zero-order valence-corrected chi connectivity index (χ0v) is 12.7. The van der Waals surface area contributed by atoms with Crippen LogP contribution in [0.25, 0.3) is 0 Å². The average Bonchev–Trinajstić information content (AvgIpc) is 2.99. The van der Waals surface area contributed by atoms with Crippen molar-refractivity contribution in [3.8, 4) is 0 Å². The molecule has 1 aromatic carbocycles. The quantitative estimate of drug-likeness (QED) is 0.663. The first-order valence-corrected chi connectivity index (χ1v) is 8.67. The van der Waals surface area contributed by atoms with E-state index in [1.807, 2.05) is 11.8 Å². The predicted octanol–water partition coefficient (Wildman–Crippen LogP) is 3.19. The number of hydrogen-bond acceptors (Lipinski definition) is 2. The van der Waals surface area contributed by atoms with Crippen molar-refractivity contribution in [1.82, 2.24) is 0 Å². The summed E-state index contributed by atoms with van der Waals surface area (Å²) in [5.74, 6) is 1.84. The number of thioether (sulfide) groups is 1. The molecule has 0 radical (unpaired) electrons. The fourth-order valence-electron chi connectivity index (χ4n) is 3.06. The summed E-state index contributed by atoms with van der Waals surface area (Å²) in [5.41, 5.74) is 10.1. The smallest absolute Gasteiger partial charge is 0.193 e. The molecule has 1 fully saturated rings. The lowest BCUT2D eigenvalue weighted by atomic mass is 9.90. The van der Waals surface area contributed by atoms with Crippen molar-refractivity contribution in [2.24, 2.45) is 10.7 Å². The van der Waals surface area contributed by atoms with E-state index in [-0.39, 0.29) is 0 Å². The summed E-state index contributed by atoms with van der Waals surface area (Å²) in [5, 5.41) is 3.98. The van der Waals surface area contributed by atoms with E-state index in [1.165, 1.54) is 49.0 Å². The highest BCUT2D eigenvalue weighted by atomic mass is 32.2.